The van der Waals surface area contributed by atoms with Crippen molar-refractivity contribution in [2.24, 2.45) is 11.3 Å². The zero-order chi connectivity index (χ0) is 33.9. The quantitative estimate of drug-likeness (QED) is 0.149. The molecule has 2 amide bonds. The van der Waals surface area contributed by atoms with Crippen molar-refractivity contribution in [2.45, 2.75) is 131 Å². The van der Waals surface area contributed by atoms with E-state index in [9.17, 15) is 19.2 Å². The van der Waals surface area contributed by atoms with Gasteiger partial charge in [-0.2, -0.15) is 0 Å². The van der Waals surface area contributed by atoms with Gasteiger partial charge in [0.15, 0.2) is 13.2 Å². The van der Waals surface area contributed by atoms with E-state index < -0.39 is 34.5 Å². The number of carbonyl (C=O) groups excluding carboxylic acids is 4. The molecule has 0 aliphatic heterocycles. The van der Waals surface area contributed by atoms with Crippen molar-refractivity contribution in [2.75, 3.05) is 26.4 Å². The van der Waals surface area contributed by atoms with E-state index in [-0.39, 0.29) is 41.8 Å². The summed E-state index contributed by atoms with van der Waals surface area (Å²) in [6.45, 7) is 26.6. The van der Waals surface area contributed by atoms with Crippen LogP contribution in [0, 0.1) is 11.3 Å². The second-order valence-corrected chi connectivity index (χ2v) is 14.2. The van der Waals surface area contributed by atoms with Gasteiger partial charge >= 0.3 is 11.9 Å². The van der Waals surface area contributed by atoms with Gasteiger partial charge in [0, 0.05) is 29.7 Å². The smallest absolute Gasteiger partial charge is 0.333 e. The number of rotatable bonds is 19. The van der Waals surface area contributed by atoms with Crippen LogP contribution < -0.4 is 10.6 Å². The Morgan fingerprint density at radius 1 is 0.932 bits per heavy atom. The maximum atomic E-state index is 12.6. The monoisotopic (exact) mass is 622 g/mol. The van der Waals surface area contributed by atoms with Crippen LogP contribution >= 0.6 is 0 Å². The zero-order valence-electron chi connectivity index (χ0n) is 28.9. The molecule has 10 heteroatoms. The predicted octanol–water partition coefficient (Wildman–Crippen LogP) is 5.19. The first-order valence-electron chi connectivity index (χ1n) is 15.7. The molecule has 1 fully saturated rings. The van der Waals surface area contributed by atoms with E-state index in [0.717, 1.165) is 19.3 Å². The van der Waals surface area contributed by atoms with Crippen molar-refractivity contribution in [1.29, 1.82) is 0 Å². The lowest BCUT2D eigenvalue weighted by Crippen LogP contribution is -2.52. The molecular weight excluding hydrogens is 564 g/mol. The number of amides is 2. The van der Waals surface area contributed by atoms with Gasteiger partial charge in [0.1, 0.15) is 0 Å². The molecule has 1 aliphatic carbocycles. The van der Waals surface area contributed by atoms with Crippen LogP contribution in [-0.2, 0) is 38.1 Å². The van der Waals surface area contributed by atoms with Crippen molar-refractivity contribution in [3.05, 3.63) is 24.3 Å². The molecule has 0 aromatic heterocycles. The number of nitrogens with one attached hydrogen (secondary N) is 2. The fraction of sp³-hybridized carbons (Fsp3) is 0.765. The Hall–Kier alpha value is -2.72. The lowest BCUT2D eigenvalue weighted by Gasteiger charge is -2.38. The highest BCUT2D eigenvalue weighted by Gasteiger charge is 2.53. The highest BCUT2D eigenvalue weighted by Crippen LogP contribution is 2.53. The summed E-state index contributed by atoms with van der Waals surface area (Å²) < 4.78 is 23.2. The number of carbonyl (C=O) groups is 4. The van der Waals surface area contributed by atoms with Crippen LogP contribution in [0.3, 0.4) is 0 Å². The van der Waals surface area contributed by atoms with Gasteiger partial charge < -0.3 is 29.6 Å². The minimum absolute atomic E-state index is 0.0491. The Balaban J connectivity index is 2.88. The number of ether oxygens (including phenoxy) is 4. The van der Waals surface area contributed by atoms with E-state index in [1.54, 1.807) is 0 Å². The Morgan fingerprint density at radius 2 is 1.45 bits per heavy atom. The summed E-state index contributed by atoms with van der Waals surface area (Å²) in [5, 5.41) is 5.90. The van der Waals surface area contributed by atoms with Crippen LogP contribution in [0.1, 0.15) is 108 Å². The molecule has 44 heavy (non-hydrogen) atoms. The third-order valence-electron chi connectivity index (χ3n) is 8.40. The fourth-order valence-corrected chi connectivity index (χ4v) is 5.77. The molecule has 0 heterocycles. The zero-order valence-corrected chi connectivity index (χ0v) is 28.9. The van der Waals surface area contributed by atoms with Crippen LogP contribution in [0.15, 0.2) is 24.3 Å². The molecule has 0 radical (unpaired) electrons. The molecule has 1 aliphatic rings. The summed E-state index contributed by atoms with van der Waals surface area (Å²) in [5.41, 5.74) is -1.30. The molecule has 4 unspecified atom stereocenters. The molecule has 1 rings (SSSR count). The molecule has 0 bridgehead atoms. The lowest BCUT2D eigenvalue weighted by molar-refractivity contribution is -0.146. The predicted molar refractivity (Wildman–Crippen MR) is 171 cm³/mol. The molecule has 10 nitrogen and oxygen atoms in total. The largest absolute Gasteiger partial charge is 0.452 e. The van der Waals surface area contributed by atoms with Crippen molar-refractivity contribution in [3.63, 3.8) is 0 Å². The fourth-order valence-electron chi connectivity index (χ4n) is 5.77. The Labute approximate surface area is 265 Å². The van der Waals surface area contributed by atoms with Gasteiger partial charge in [-0.15, -0.1) is 0 Å². The average Bonchev–Trinajstić information content (AvgIpc) is 3.19. The SMILES string of the molecule is C=C(C)C(=O)OCC(=O)NC(C)(C)CCOC1CC(C)(OCC(C)(CC)NC(=O)COC(=O)C(=C)C)CC1(CC)CC(C)C. The molecular formula is C34H58N2O8. The number of esters is 2. The van der Waals surface area contributed by atoms with Crippen LogP contribution in [0.5, 0.6) is 0 Å². The summed E-state index contributed by atoms with van der Waals surface area (Å²) in [6.07, 6.45) is 4.57. The second-order valence-electron chi connectivity index (χ2n) is 14.2. The molecule has 4 atom stereocenters. The Kier molecular flexibility index (Phi) is 14.8. The molecule has 1 saturated carbocycles. The summed E-state index contributed by atoms with van der Waals surface area (Å²) in [4.78, 5) is 48.2. The van der Waals surface area contributed by atoms with Gasteiger partial charge in [0.05, 0.1) is 23.9 Å². The number of hydrogen-bond donors (Lipinski definition) is 2. The molecule has 0 aromatic carbocycles. The van der Waals surface area contributed by atoms with Crippen LogP contribution in [0.2, 0.25) is 0 Å². The van der Waals surface area contributed by atoms with E-state index in [0.29, 0.717) is 38.4 Å². The summed E-state index contributed by atoms with van der Waals surface area (Å²) in [5.74, 6) is -1.51. The van der Waals surface area contributed by atoms with Crippen molar-refractivity contribution < 1.29 is 38.1 Å². The Morgan fingerprint density at radius 3 is 1.91 bits per heavy atom. The van der Waals surface area contributed by atoms with Crippen LogP contribution in [0.4, 0.5) is 0 Å². The normalized spacial score (nSPS) is 23.0. The standard InChI is InChI=1S/C34H58N2O8/c1-13-32(11,36-28(38)20-43-30(40)25(7)8)22-44-33(12)18-26(34(14-2,21-33)17-23(3)4)41-16-15-31(9,10)35-27(37)19-42-29(39)24(5)6/h23,26H,5,7,13-22H2,1-4,6,8-12H3,(H,35,37)(H,36,38). The summed E-state index contributed by atoms with van der Waals surface area (Å²) >= 11 is 0. The van der Waals surface area contributed by atoms with Gasteiger partial charge in [0.25, 0.3) is 11.8 Å². The van der Waals surface area contributed by atoms with E-state index >= 15 is 0 Å². The maximum Gasteiger partial charge on any atom is 0.333 e. The van der Waals surface area contributed by atoms with Gasteiger partial charge in [-0.3, -0.25) is 9.59 Å². The van der Waals surface area contributed by atoms with Gasteiger partial charge in [-0.1, -0.05) is 40.9 Å². The first kappa shape index (κ1) is 39.3. The van der Waals surface area contributed by atoms with E-state index in [4.69, 9.17) is 18.9 Å². The summed E-state index contributed by atoms with van der Waals surface area (Å²) in [6, 6.07) is 0. The molecule has 0 aromatic rings. The van der Waals surface area contributed by atoms with Crippen LogP contribution in [0.25, 0.3) is 0 Å². The number of hydrogen-bond acceptors (Lipinski definition) is 8. The van der Waals surface area contributed by atoms with Crippen molar-refractivity contribution in [3.8, 4) is 0 Å². The minimum Gasteiger partial charge on any atom is -0.452 e. The van der Waals surface area contributed by atoms with E-state index in [2.05, 4.69) is 51.5 Å². The highest BCUT2D eigenvalue weighted by atomic mass is 16.5. The van der Waals surface area contributed by atoms with E-state index in [1.807, 2.05) is 27.7 Å². The summed E-state index contributed by atoms with van der Waals surface area (Å²) in [7, 11) is 0. The first-order chi connectivity index (χ1) is 20.2. The molecule has 252 valence electrons. The van der Waals surface area contributed by atoms with Gasteiger partial charge in [0.2, 0.25) is 0 Å². The van der Waals surface area contributed by atoms with Gasteiger partial charge in [-0.25, -0.2) is 9.59 Å². The molecule has 0 saturated heterocycles. The van der Waals surface area contributed by atoms with Crippen molar-refractivity contribution in [1.82, 2.24) is 10.6 Å². The topological polar surface area (TPSA) is 129 Å². The van der Waals surface area contributed by atoms with E-state index in [1.165, 1.54) is 13.8 Å². The first-order valence-corrected chi connectivity index (χ1v) is 15.7. The highest BCUT2D eigenvalue weighted by molar-refractivity contribution is 5.90. The van der Waals surface area contributed by atoms with Crippen LogP contribution in [-0.4, -0.2) is 73.0 Å². The second kappa shape index (κ2) is 16.5. The maximum absolute atomic E-state index is 12.6. The minimum atomic E-state index is -0.650. The average molecular weight is 623 g/mol. The third kappa shape index (κ3) is 12.7. The van der Waals surface area contributed by atoms with Crippen molar-refractivity contribution >= 4 is 23.8 Å². The molecule has 2 N–H and O–H groups in total. The Bertz CT molecular complexity index is 1050. The third-order valence-corrected chi connectivity index (χ3v) is 8.40. The molecule has 0 spiro atoms. The van der Waals surface area contributed by atoms with Gasteiger partial charge in [-0.05, 0) is 85.0 Å². The lowest BCUT2D eigenvalue weighted by atomic mass is 9.74.